The normalized spacial score (nSPS) is 18.3. The number of unbranched alkanes of at least 4 members (excludes halogenated alkanes) is 27. The van der Waals surface area contributed by atoms with E-state index in [4.69, 9.17) is 23.7 Å². The molecule has 0 aromatic rings. The molecule has 3 N–H and O–H groups in total. The lowest BCUT2D eigenvalue weighted by Gasteiger charge is -2.40. The minimum atomic E-state index is -1.93. The highest BCUT2D eigenvalue weighted by Gasteiger charge is 2.50. The first-order chi connectivity index (χ1) is 39.6. The van der Waals surface area contributed by atoms with Crippen LogP contribution in [-0.4, -0.2) is 89.2 Å². The van der Waals surface area contributed by atoms with Crippen LogP contribution in [0, 0.1) is 0 Å². The van der Waals surface area contributed by atoms with Crippen LogP contribution in [-0.2, 0) is 42.9 Å². The summed E-state index contributed by atoms with van der Waals surface area (Å²) in [6.07, 6.45) is 61.3. The van der Waals surface area contributed by atoms with Gasteiger partial charge in [-0.1, -0.05) is 241 Å². The summed E-state index contributed by atoms with van der Waals surface area (Å²) in [6.45, 7) is 5.83. The lowest BCUT2D eigenvalue weighted by Crippen LogP contribution is -2.61. The Bertz CT molecular complexity index is 1730. The molecule has 6 unspecified atom stereocenters. The number of carboxylic acid groups (broad SMARTS) is 1. The number of allylic oxidation sites excluding steroid dienone is 14. The zero-order valence-corrected chi connectivity index (χ0v) is 51.3. The zero-order chi connectivity index (χ0) is 58.9. The van der Waals surface area contributed by atoms with Crippen molar-refractivity contribution < 1.29 is 58.2 Å². The smallest absolute Gasteiger partial charge is 0.335 e. The van der Waals surface area contributed by atoms with Crippen LogP contribution in [0.3, 0.4) is 0 Å². The number of ether oxygens (including phenoxy) is 5. The number of carbonyl (C=O) groups is 4. The number of rotatable bonds is 55. The maximum Gasteiger partial charge on any atom is 0.335 e. The van der Waals surface area contributed by atoms with Gasteiger partial charge in [0.1, 0.15) is 18.8 Å². The van der Waals surface area contributed by atoms with Gasteiger partial charge in [-0.15, -0.1) is 0 Å². The zero-order valence-electron chi connectivity index (χ0n) is 51.3. The van der Waals surface area contributed by atoms with E-state index in [1.54, 1.807) is 0 Å². The maximum atomic E-state index is 13.2. The van der Waals surface area contributed by atoms with Gasteiger partial charge in [-0.2, -0.15) is 0 Å². The fourth-order valence-corrected chi connectivity index (χ4v) is 9.47. The molecule has 0 spiro atoms. The third-order valence-electron chi connectivity index (χ3n) is 14.4. The highest BCUT2D eigenvalue weighted by atomic mass is 16.7. The van der Waals surface area contributed by atoms with Gasteiger partial charge >= 0.3 is 23.9 Å². The molecule has 464 valence electrons. The van der Waals surface area contributed by atoms with Gasteiger partial charge in [-0.3, -0.25) is 14.4 Å². The van der Waals surface area contributed by atoms with Crippen molar-refractivity contribution in [2.75, 3.05) is 13.2 Å². The van der Waals surface area contributed by atoms with Gasteiger partial charge < -0.3 is 39.0 Å². The molecule has 0 aliphatic carbocycles. The number of esters is 3. The van der Waals surface area contributed by atoms with Crippen molar-refractivity contribution in [1.82, 2.24) is 0 Å². The van der Waals surface area contributed by atoms with Crippen LogP contribution in [0.1, 0.15) is 278 Å². The van der Waals surface area contributed by atoms with Gasteiger partial charge in [0.15, 0.2) is 24.6 Å². The Hall–Kier alpha value is -4.10. The Balaban J connectivity index is 2.67. The van der Waals surface area contributed by atoms with Gasteiger partial charge in [0, 0.05) is 19.3 Å². The van der Waals surface area contributed by atoms with Gasteiger partial charge in [0.05, 0.1) is 6.61 Å². The van der Waals surface area contributed by atoms with E-state index < -0.39 is 67.3 Å². The summed E-state index contributed by atoms with van der Waals surface area (Å²) in [5.74, 6) is -3.22. The molecule has 12 nitrogen and oxygen atoms in total. The molecule has 81 heavy (non-hydrogen) atoms. The molecule has 1 saturated heterocycles. The van der Waals surface area contributed by atoms with E-state index in [2.05, 4.69) is 87.6 Å². The number of carbonyl (C=O) groups excluding carboxylic acids is 3. The number of aliphatic carboxylic acids is 1. The number of carboxylic acids is 1. The molecule has 1 rings (SSSR count). The van der Waals surface area contributed by atoms with Crippen LogP contribution in [0.2, 0.25) is 0 Å². The predicted octanol–water partition coefficient (Wildman–Crippen LogP) is 17.5. The van der Waals surface area contributed by atoms with Crippen LogP contribution >= 0.6 is 0 Å². The first-order valence-corrected chi connectivity index (χ1v) is 32.6. The molecule has 0 radical (unpaired) electrons. The molecule has 1 aliphatic heterocycles. The van der Waals surface area contributed by atoms with Crippen LogP contribution in [0.15, 0.2) is 85.1 Å². The van der Waals surface area contributed by atoms with E-state index in [0.29, 0.717) is 25.7 Å². The second kappa shape index (κ2) is 56.4. The SMILES string of the molecule is CC/C=C\C/C=C\C/C=C\C/C=C\CCC(=O)OC1C(OCC(COC(=O)CCCCCCCCCCC/C=C\C/C=C\CCCCC)OC(=O)CCCCCCCCCCC/C=C\CCCCCCCC)OC(C(=O)O)C(O)C1O. The van der Waals surface area contributed by atoms with Crippen molar-refractivity contribution in [1.29, 1.82) is 0 Å². The fraction of sp³-hybridized carbons (Fsp3) is 0.739. The number of hydrogen-bond donors (Lipinski definition) is 3. The molecule has 6 atom stereocenters. The summed E-state index contributed by atoms with van der Waals surface area (Å²) in [7, 11) is 0. The number of hydrogen-bond acceptors (Lipinski definition) is 11. The Morgan fingerprint density at radius 3 is 1.27 bits per heavy atom. The Kier molecular flexibility index (Phi) is 52.1. The van der Waals surface area contributed by atoms with Gasteiger partial charge in [0.25, 0.3) is 0 Å². The van der Waals surface area contributed by atoms with E-state index in [1.165, 1.54) is 135 Å². The van der Waals surface area contributed by atoms with Crippen molar-refractivity contribution in [2.45, 2.75) is 314 Å². The number of aliphatic hydroxyl groups excluding tert-OH is 2. The molecule has 0 bridgehead atoms. The van der Waals surface area contributed by atoms with E-state index in [9.17, 15) is 34.5 Å². The first kappa shape index (κ1) is 74.9. The lowest BCUT2D eigenvalue weighted by molar-refractivity contribution is -0.301. The Morgan fingerprint density at radius 2 is 0.802 bits per heavy atom. The summed E-state index contributed by atoms with van der Waals surface area (Å²) in [4.78, 5) is 51.3. The fourth-order valence-electron chi connectivity index (χ4n) is 9.47. The van der Waals surface area contributed by atoms with Crippen molar-refractivity contribution in [3.8, 4) is 0 Å². The van der Waals surface area contributed by atoms with Crippen LogP contribution in [0.4, 0.5) is 0 Å². The van der Waals surface area contributed by atoms with E-state index >= 15 is 0 Å². The molecule has 0 amide bonds. The molecule has 1 fully saturated rings. The summed E-state index contributed by atoms with van der Waals surface area (Å²) in [6, 6.07) is 0. The van der Waals surface area contributed by atoms with Crippen molar-refractivity contribution in [2.24, 2.45) is 0 Å². The third kappa shape index (κ3) is 46.0. The minimum absolute atomic E-state index is 0.0630. The Labute approximate surface area is 492 Å². The highest BCUT2D eigenvalue weighted by molar-refractivity contribution is 5.74. The maximum absolute atomic E-state index is 13.2. The second-order valence-electron chi connectivity index (χ2n) is 22.0. The largest absolute Gasteiger partial charge is 0.479 e. The molecule has 12 heteroatoms. The quantitative estimate of drug-likeness (QED) is 0.0228. The predicted molar refractivity (Wildman–Crippen MR) is 331 cm³/mol. The van der Waals surface area contributed by atoms with E-state index in [-0.39, 0.29) is 25.9 Å². The van der Waals surface area contributed by atoms with E-state index in [0.717, 1.165) is 77.0 Å². The van der Waals surface area contributed by atoms with Gasteiger partial charge in [0.2, 0.25) is 0 Å². The van der Waals surface area contributed by atoms with Crippen molar-refractivity contribution in [3.05, 3.63) is 85.1 Å². The van der Waals surface area contributed by atoms with Gasteiger partial charge in [-0.05, 0) is 103 Å². The summed E-state index contributed by atoms with van der Waals surface area (Å²) >= 11 is 0. The highest BCUT2D eigenvalue weighted by Crippen LogP contribution is 2.26. The molecule has 1 heterocycles. The molecule has 1 aliphatic rings. The van der Waals surface area contributed by atoms with Crippen molar-refractivity contribution >= 4 is 23.9 Å². The molecule has 0 aromatic heterocycles. The third-order valence-corrected chi connectivity index (χ3v) is 14.4. The standard InChI is InChI=1S/C69H116O12/c1-4-7-10-13-16-19-22-25-27-29-31-33-35-38-40-43-46-49-52-55-61(70)77-58-60(79-62(71)56-53-50-47-44-42-39-36-34-32-30-28-26-23-20-17-14-11-8-5-2)59-78-69-67(65(74)64(73)66(81-69)68(75)76)80-63(72)57-54-51-48-45-41-37-24-21-18-15-12-9-6-3/h9,12,16,18-19,21,25-28,37,41,48,51,60,64-67,69,73-74H,4-8,10-11,13-15,17,20,22-24,29-36,38-40,42-47,49-50,52-59H2,1-3H3,(H,75,76)/b12-9-,19-16-,21-18-,27-25-,28-26-,41-37-,51-48-. The minimum Gasteiger partial charge on any atom is -0.479 e. The summed E-state index contributed by atoms with van der Waals surface area (Å²) < 4.78 is 28.4. The molecular weight excluding hydrogens is 1020 g/mol. The monoisotopic (exact) mass is 1140 g/mol. The Morgan fingerprint density at radius 1 is 0.420 bits per heavy atom. The summed E-state index contributed by atoms with van der Waals surface area (Å²) in [5.41, 5.74) is 0. The van der Waals surface area contributed by atoms with E-state index in [1.807, 2.05) is 18.2 Å². The lowest BCUT2D eigenvalue weighted by atomic mass is 9.98. The first-order valence-electron chi connectivity index (χ1n) is 32.6. The number of aliphatic hydroxyl groups is 2. The van der Waals surface area contributed by atoms with Crippen LogP contribution in [0.25, 0.3) is 0 Å². The van der Waals surface area contributed by atoms with Crippen LogP contribution < -0.4 is 0 Å². The average molecular weight is 1140 g/mol. The second-order valence-corrected chi connectivity index (χ2v) is 22.0. The molecule has 0 aromatic carbocycles. The molecular formula is C69H116O12. The average Bonchev–Trinajstić information content (AvgIpc) is 3.54. The molecule has 0 saturated carbocycles. The van der Waals surface area contributed by atoms with Crippen molar-refractivity contribution in [3.63, 3.8) is 0 Å². The van der Waals surface area contributed by atoms with Crippen LogP contribution in [0.5, 0.6) is 0 Å². The topological polar surface area (TPSA) is 175 Å². The van der Waals surface area contributed by atoms with Gasteiger partial charge in [-0.25, -0.2) is 4.79 Å². The summed E-state index contributed by atoms with van der Waals surface area (Å²) in [5, 5.41) is 31.5.